The molecule has 0 spiro atoms. The Morgan fingerprint density at radius 3 is 2.48 bits per heavy atom. The molecule has 4 nitrogen and oxygen atoms in total. The second-order valence-electron chi connectivity index (χ2n) is 6.55. The molecule has 0 aliphatic heterocycles. The molecule has 25 heavy (non-hydrogen) atoms. The van der Waals surface area contributed by atoms with Crippen LogP contribution in [0.5, 0.6) is 0 Å². The van der Waals surface area contributed by atoms with Gasteiger partial charge in [-0.2, -0.15) is 0 Å². The van der Waals surface area contributed by atoms with Gasteiger partial charge in [-0.05, 0) is 51.1 Å². The number of benzene rings is 2. The van der Waals surface area contributed by atoms with E-state index in [9.17, 15) is 4.79 Å². The highest BCUT2D eigenvalue weighted by Crippen LogP contribution is 2.16. The van der Waals surface area contributed by atoms with Gasteiger partial charge in [-0.15, -0.1) is 0 Å². The van der Waals surface area contributed by atoms with E-state index in [-0.39, 0.29) is 0 Å². The lowest BCUT2D eigenvalue weighted by Crippen LogP contribution is -2.32. The molecular formula is C21H24N2O2. The van der Waals surface area contributed by atoms with Gasteiger partial charge >= 0.3 is 6.09 Å². The number of nitrogens with one attached hydrogen (secondary N) is 2. The van der Waals surface area contributed by atoms with Gasteiger partial charge in [-0.3, -0.25) is 0 Å². The molecule has 0 atom stereocenters. The van der Waals surface area contributed by atoms with Gasteiger partial charge < -0.3 is 15.4 Å². The molecule has 2 N–H and O–H groups in total. The summed E-state index contributed by atoms with van der Waals surface area (Å²) in [5, 5.41) is 6.03. The van der Waals surface area contributed by atoms with Crippen LogP contribution in [-0.4, -0.2) is 18.2 Å². The second-order valence-corrected chi connectivity index (χ2v) is 6.55. The molecule has 2 aromatic carbocycles. The highest BCUT2D eigenvalue weighted by atomic mass is 16.6. The Balaban J connectivity index is 1.82. The van der Waals surface area contributed by atoms with Gasteiger partial charge in [0.2, 0.25) is 0 Å². The third-order valence-corrected chi connectivity index (χ3v) is 3.08. The average Bonchev–Trinajstić information content (AvgIpc) is 2.54. The van der Waals surface area contributed by atoms with Crippen LogP contribution in [0.15, 0.2) is 54.6 Å². The standard InChI is InChI=1S/C21H24N2O2/c1-21(2,3)25-20(24)22-15-8-7-10-17-11-9-14-19(16-17)23-18-12-5-4-6-13-18/h4-6,9,11-14,16,23H,8,15H2,1-3H3,(H,22,24). The number of rotatable bonds is 4. The molecule has 4 heteroatoms. The van der Waals surface area contributed by atoms with Crippen LogP contribution < -0.4 is 10.6 Å². The third kappa shape index (κ3) is 7.45. The van der Waals surface area contributed by atoms with Crippen molar-refractivity contribution in [3.63, 3.8) is 0 Å². The zero-order valence-electron chi connectivity index (χ0n) is 14.9. The monoisotopic (exact) mass is 336 g/mol. The summed E-state index contributed by atoms with van der Waals surface area (Å²) in [6.45, 7) is 5.97. The minimum Gasteiger partial charge on any atom is -0.444 e. The van der Waals surface area contributed by atoms with Gasteiger partial charge in [0.15, 0.2) is 0 Å². The zero-order valence-corrected chi connectivity index (χ0v) is 14.9. The summed E-state index contributed by atoms with van der Waals surface area (Å²) >= 11 is 0. The van der Waals surface area contributed by atoms with Crippen molar-refractivity contribution < 1.29 is 9.53 Å². The normalized spacial score (nSPS) is 10.4. The van der Waals surface area contributed by atoms with E-state index in [2.05, 4.69) is 22.5 Å². The summed E-state index contributed by atoms with van der Waals surface area (Å²) in [6.07, 6.45) is 0.152. The number of amides is 1. The number of carbonyl (C=O) groups is 1. The van der Waals surface area contributed by atoms with Crippen LogP contribution in [0.3, 0.4) is 0 Å². The second kappa shape index (κ2) is 8.79. The van der Waals surface area contributed by atoms with E-state index in [1.54, 1.807) is 0 Å². The number of hydrogen-bond donors (Lipinski definition) is 2. The molecule has 130 valence electrons. The Hall–Kier alpha value is -2.93. The summed E-state index contributed by atoms with van der Waals surface area (Å²) in [5.74, 6) is 6.17. The van der Waals surface area contributed by atoms with Crippen molar-refractivity contribution in [2.24, 2.45) is 0 Å². The topological polar surface area (TPSA) is 50.4 Å². The number of para-hydroxylation sites is 1. The number of hydrogen-bond acceptors (Lipinski definition) is 3. The summed E-state index contributed by atoms with van der Waals surface area (Å²) in [7, 11) is 0. The Morgan fingerprint density at radius 1 is 1.04 bits per heavy atom. The van der Waals surface area contributed by atoms with Crippen LogP contribution in [0.4, 0.5) is 16.2 Å². The van der Waals surface area contributed by atoms with E-state index >= 15 is 0 Å². The van der Waals surface area contributed by atoms with Crippen molar-refractivity contribution in [1.82, 2.24) is 5.32 Å². The molecular weight excluding hydrogens is 312 g/mol. The molecule has 0 heterocycles. The van der Waals surface area contributed by atoms with Crippen molar-refractivity contribution in [3.8, 4) is 11.8 Å². The van der Waals surface area contributed by atoms with Crippen LogP contribution >= 0.6 is 0 Å². The lowest BCUT2D eigenvalue weighted by atomic mass is 10.2. The van der Waals surface area contributed by atoms with Crippen LogP contribution in [0.2, 0.25) is 0 Å². The summed E-state index contributed by atoms with van der Waals surface area (Å²) in [4.78, 5) is 11.5. The van der Waals surface area contributed by atoms with Crippen LogP contribution in [-0.2, 0) is 4.74 Å². The molecule has 0 bridgehead atoms. The first-order chi connectivity index (χ1) is 11.9. The maximum Gasteiger partial charge on any atom is 0.407 e. The smallest absolute Gasteiger partial charge is 0.407 e. The highest BCUT2D eigenvalue weighted by molar-refractivity contribution is 5.67. The van der Waals surface area contributed by atoms with Crippen molar-refractivity contribution in [2.75, 3.05) is 11.9 Å². The molecule has 1 amide bonds. The van der Waals surface area contributed by atoms with Crippen LogP contribution in [0, 0.1) is 11.8 Å². The first-order valence-electron chi connectivity index (χ1n) is 8.30. The molecule has 0 radical (unpaired) electrons. The van der Waals surface area contributed by atoms with E-state index in [0.717, 1.165) is 16.9 Å². The van der Waals surface area contributed by atoms with Gasteiger partial charge in [-0.25, -0.2) is 4.79 Å². The number of ether oxygens (including phenoxy) is 1. The molecule has 0 saturated heterocycles. The third-order valence-electron chi connectivity index (χ3n) is 3.08. The van der Waals surface area contributed by atoms with E-state index in [4.69, 9.17) is 4.74 Å². The fourth-order valence-electron chi connectivity index (χ4n) is 2.07. The average molecular weight is 336 g/mol. The van der Waals surface area contributed by atoms with E-state index in [1.807, 2.05) is 75.4 Å². The van der Waals surface area contributed by atoms with Crippen LogP contribution in [0.25, 0.3) is 0 Å². The zero-order chi connectivity index (χ0) is 18.1. The first kappa shape index (κ1) is 18.4. The van der Waals surface area contributed by atoms with Crippen molar-refractivity contribution in [1.29, 1.82) is 0 Å². The number of carbonyl (C=O) groups excluding carboxylic acids is 1. The van der Waals surface area contributed by atoms with Gasteiger partial charge in [0, 0.05) is 29.9 Å². The van der Waals surface area contributed by atoms with Gasteiger partial charge in [-0.1, -0.05) is 36.1 Å². The fourth-order valence-corrected chi connectivity index (χ4v) is 2.07. The largest absolute Gasteiger partial charge is 0.444 e. The predicted molar refractivity (Wildman–Crippen MR) is 102 cm³/mol. The molecule has 2 rings (SSSR count). The minimum absolute atomic E-state index is 0.414. The maximum absolute atomic E-state index is 11.5. The summed E-state index contributed by atoms with van der Waals surface area (Å²) in [6, 6.07) is 17.9. The van der Waals surface area contributed by atoms with E-state index in [1.165, 1.54) is 0 Å². The molecule has 0 unspecified atom stereocenters. The molecule has 2 aromatic rings. The number of anilines is 2. The van der Waals surface area contributed by atoms with Crippen molar-refractivity contribution >= 4 is 17.5 Å². The summed E-state index contributed by atoms with van der Waals surface area (Å²) in [5.41, 5.74) is 2.47. The van der Waals surface area contributed by atoms with Crippen molar-refractivity contribution in [2.45, 2.75) is 32.8 Å². The maximum atomic E-state index is 11.5. The Kier molecular flexibility index (Phi) is 6.47. The summed E-state index contributed by atoms with van der Waals surface area (Å²) < 4.78 is 5.17. The molecule has 0 aliphatic rings. The molecule has 0 aliphatic carbocycles. The number of alkyl carbamates (subject to hydrolysis) is 1. The Labute approximate surface area is 149 Å². The first-order valence-corrected chi connectivity index (χ1v) is 8.30. The van der Waals surface area contributed by atoms with Crippen molar-refractivity contribution in [3.05, 3.63) is 60.2 Å². The highest BCUT2D eigenvalue weighted by Gasteiger charge is 2.15. The van der Waals surface area contributed by atoms with Gasteiger partial charge in [0.1, 0.15) is 5.60 Å². The Morgan fingerprint density at radius 2 is 1.76 bits per heavy atom. The Bertz CT molecular complexity index is 753. The molecule has 0 aromatic heterocycles. The SMILES string of the molecule is CC(C)(C)OC(=O)NCCC#Cc1cccc(Nc2ccccc2)c1. The fraction of sp³-hybridized carbons (Fsp3) is 0.286. The van der Waals surface area contributed by atoms with Gasteiger partial charge in [0.05, 0.1) is 0 Å². The minimum atomic E-state index is -0.484. The van der Waals surface area contributed by atoms with E-state index < -0.39 is 11.7 Å². The molecule has 0 fully saturated rings. The quantitative estimate of drug-likeness (QED) is 0.629. The van der Waals surface area contributed by atoms with Crippen LogP contribution in [0.1, 0.15) is 32.8 Å². The van der Waals surface area contributed by atoms with Gasteiger partial charge in [0.25, 0.3) is 0 Å². The predicted octanol–water partition coefficient (Wildman–Crippen LogP) is 4.70. The lowest BCUT2D eigenvalue weighted by Gasteiger charge is -2.19. The lowest BCUT2D eigenvalue weighted by molar-refractivity contribution is 0.0529. The van der Waals surface area contributed by atoms with E-state index in [0.29, 0.717) is 13.0 Å². The molecule has 0 saturated carbocycles.